The molecule has 2 aliphatic heterocycles. The predicted octanol–water partition coefficient (Wildman–Crippen LogP) is 2.38. The van der Waals surface area contributed by atoms with Crippen molar-refractivity contribution in [2.24, 2.45) is 0 Å². The lowest BCUT2D eigenvalue weighted by atomic mass is 10.1. The molecule has 3 heterocycles. The molecule has 26 heavy (non-hydrogen) atoms. The number of pyridine rings is 1. The summed E-state index contributed by atoms with van der Waals surface area (Å²) in [6.07, 6.45) is 4.08. The van der Waals surface area contributed by atoms with Gasteiger partial charge in [0.05, 0.1) is 21.6 Å². The summed E-state index contributed by atoms with van der Waals surface area (Å²) in [6.45, 7) is 1.46. The number of nitrogens with zero attached hydrogens (tertiary/aromatic N) is 2. The predicted molar refractivity (Wildman–Crippen MR) is 95.9 cm³/mol. The van der Waals surface area contributed by atoms with Gasteiger partial charge in [-0.05, 0) is 25.3 Å². The maximum atomic E-state index is 15.0. The zero-order chi connectivity index (χ0) is 18.2. The van der Waals surface area contributed by atoms with Crippen molar-refractivity contribution in [3.63, 3.8) is 0 Å². The molecule has 136 valence electrons. The van der Waals surface area contributed by atoms with Crippen molar-refractivity contribution in [3.8, 4) is 0 Å². The van der Waals surface area contributed by atoms with Crippen LogP contribution in [-0.2, 0) is 0 Å². The number of carboxylic acid groups (broad SMARTS) is 1. The number of piperazine rings is 1. The Morgan fingerprint density at radius 1 is 1.35 bits per heavy atom. The minimum absolute atomic E-state index is 0.0329. The van der Waals surface area contributed by atoms with E-state index in [1.807, 2.05) is 4.90 Å². The lowest BCUT2D eigenvalue weighted by Crippen LogP contribution is -2.44. The number of aromatic carboxylic acids is 1. The van der Waals surface area contributed by atoms with Gasteiger partial charge in [0.25, 0.3) is 0 Å². The molecule has 5 rings (SSSR count). The molecule has 3 aliphatic rings. The number of nitrogens with one attached hydrogen (secondary N) is 1. The Labute approximate surface area is 153 Å². The van der Waals surface area contributed by atoms with Gasteiger partial charge in [-0.25, -0.2) is 9.18 Å². The smallest absolute Gasteiger partial charge is 0.341 e. The largest absolute Gasteiger partial charge is 0.477 e. The molecule has 6 nitrogen and oxygen atoms in total. The van der Waals surface area contributed by atoms with Crippen molar-refractivity contribution >= 4 is 34.2 Å². The highest BCUT2D eigenvalue weighted by atomic mass is 35.5. The summed E-state index contributed by atoms with van der Waals surface area (Å²) >= 11 is 6.64. The topological polar surface area (TPSA) is 74.6 Å². The Balaban J connectivity index is 1.79. The first kappa shape index (κ1) is 16.1. The van der Waals surface area contributed by atoms with Crippen LogP contribution in [0.3, 0.4) is 0 Å². The molecule has 3 fully saturated rings. The minimum atomic E-state index is -1.31. The van der Waals surface area contributed by atoms with E-state index < -0.39 is 17.2 Å². The highest BCUT2D eigenvalue weighted by molar-refractivity contribution is 6.38. The van der Waals surface area contributed by atoms with Crippen molar-refractivity contribution < 1.29 is 14.3 Å². The number of carbonyl (C=O) groups is 1. The third-order valence-electron chi connectivity index (χ3n) is 5.70. The number of halogens is 2. The molecule has 2 N–H and O–H groups in total. The normalized spacial score (nSPS) is 24.6. The van der Waals surface area contributed by atoms with Crippen molar-refractivity contribution in [3.05, 3.63) is 38.9 Å². The fourth-order valence-electron chi connectivity index (χ4n) is 4.32. The summed E-state index contributed by atoms with van der Waals surface area (Å²) in [6, 6.07) is 1.77. The Kier molecular flexibility index (Phi) is 3.36. The van der Waals surface area contributed by atoms with Gasteiger partial charge in [0.2, 0.25) is 5.43 Å². The molecule has 2 saturated heterocycles. The van der Waals surface area contributed by atoms with E-state index in [1.165, 1.54) is 6.20 Å². The number of benzene rings is 1. The molecule has 2 bridgehead atoms. The van der Waals surface area contributed by atoms with Gasteiger partial charge in [0.15, 0.2) is 0 Å². The number of anilines is 1. The van der Waals surface area contributed by atoms with Gasteiger partial charge in [-0.3, -0.25) is 4.79 Å². The van der Waals surface area contributed by atoms with Gasteiger partial charge in [0, 0.05) is 37.4 Å². The van der Waals surface area contributed by atoms with Gasteiger partial charge in [-0.2, -0.15) is 0 Å². The van der Waals surface area contributed by atoms with E-state index in [9.17, 15) is 19.1 Å². The zero-order valence-electron chi connectivity index (χ0n) is 13.8. The summed E-state index contributed by atoms with van der Waals surface area (Å²) in [5.41, 5.74) is -0.278. The first-order valence-electron chi connectivity index (χ1n) is 8.76. The number of aromatic nitrogens is 1. The third kappa shape index (κ3) is 2.20. The molecule has 8 heteroatoms. The maximum absolute atomic E-state index is 15.0. The van der Waals surface area contributed by atoms with E-state index in [1.54, 1.807) is 4.57 Å². The van der Waals surface area contributed by atoms with Crippen molar-refractivity contribution in [2.45, 2.75) is 37.4 Å². The average Bonchev–Trinajstić information content (AvgIpc) is 3.22. The zero-order valence-corrected chi connectivity index (χ0v) is 14.6. The average molecular weight is 378 g/mol. The first-order valence-corrected chi connectivity index (χ1v) is 9.13. The Hall–Kier alpha value is -2.12. The molecule has 0 spiro atoms. The first-order chi connectivity index (χ1) is 12.5. The number of rotatable bonds is 3. The standard InChI is InChI=1S/C18H17ClFN3O3/c19-14-15-11(17(24)12(18(25)26)7-23(15)9-1-2-9)4-13(20)16(14)22-6-8-3-10(22)5-21-8/h4,7-10,21H,1-3,5-6H2,(H,25,26)/t8-,10-/m0/s1. The summed E-state index contributed by atoms with van der Waals surface area (Å²) in [7, 11) is 0. The fraction of sp³-hybridized carbons (Fsp3) is 0.444. The van der Waals surface area contributed by atoms with Gasteiger partial charge in [-0.15, -0.1) is 0 Å². The van der Waals surface area contributed by atoms with Crippen molar-refractivity contribution in [1.29, 1.82) is 0 Å². The van der Waals surface area contributed by atoms with Gasteiger partial charge < -0.3 is 19.9 Å². The van der Waals surface area contributed by atoms with Crippen LogP contribution >= 0.6 is 11.6 Å². The van der Waals surface area contributed by atoms with E-state index in [4.69, 9.17) is 11.6 Å². The monoisotopic (exact) mass is 377 g/mol. The fourth-order valence-corrected chi connectivity index (χ4v) is 4.72. The van der Waals surface area contributed by atoms with E-state index in [0.717, 1.165) is 31.9 Å². The second-order valence-electron chi connectivity index (χ2n) is 7.38. The lowest BCUT2D eigenvalue weighted by Gasteiger charge is -2.31. The molecule has 0 unspecified atom stereocenters. The second-order valence-corrected chi connectivity index (χ2v) is 7.76. The van der Waals surface area contributed by atoms with Crippen LogP contribution in [0.1, 0.15) is 35.7 Å². The van der Waals surface area contributed by atoms with Crippen LogP contribution in [0.15, 0.2) is 17.1 Å². The Morgan fingerprint density at radius 2 is 2.12 bits per heavy atom. The summed E-state index contributed by atoms with van der Waals surface area (Å²) in [5, 5.41) is 12.9. The number of fused-ring (bicyclic) bond motifs is 3. The molecule has 2 aromatic rings. The molecular formula is C18H17ClFN3O3. The summed E-state index contributed by atoms with van der Waals surface area (Å²) in [4.78, 5) is 26.0. The van der Waals surface area contributed by atoms with Gasteiger partial charge >= 0.3 is 5.97 Å². The summed E-state index contributed by atoms with van der Waals surface area (Å²) < 4.78 is 16.7. The minimum Gasteiger partial charge on any atom is -0.477 e. The van der Waals surface area contributed by atoms with Crippen LogP contribution in [0.5, 0.6) is 0 Å². The highest BCUT2D eigenvalue weighted by Crippen LogP contribution is 2.43. The van der Waals surface area contributed by atoms with Crippen LogP contribution < -0.4 is 15.6 Å². The van der Waals surface area contributed by atoms with E-state index in [0.29, 0.717) is 23.8 Å². The molecule has 0 radical (unpaired) electrons. The van der Waals surface area contributed by atoms with E-state index in [-0.39, 0.29) is 28.1 Å². The van der Waals surface area contributed by atoms with Crippen LogP contribution in [0.25, 0.3) is 10.9 Å². The maximum Gasteiger partial charge on any atom is 0.341 e. The Bertz CT molecular complexity index is 1020. The number of hydrogen-bond donors (Lipinski definition) is 2. The SMILES string of the molecule is O=C(O)c1cn(C2CC2)c2c(Cl)c(N3C[C@@H]4C[C@H]3CN4)c(F)cc2c1=O. The number of carboxylic acids is 1. The molecule has 2 atom stereocenters. The Morgan fingerprint density at radius 3 is 2.69 bits per heavy atom. The lowest BCUT2D eigenvalue weighted by molar-refractivity contribution is 0.0695. The van der Waals surface area contributed by atoms with Gasteiger partial charge in [-0.1, -0.05) is 11.6 Å². The van der Waals surface area contributed by atoms with Crippen LogP contribution in [0.2, 0.25) is 5.02 Å². The molecule has 0 amide bonds. The van der Waals surface area contributed by atoms with Gasteiger partial charge in [0.1, 0.15) is 11.4 Å². The molecule has 1 saturated carbocycles. The molecule has 1 aliphatic carbocycles. The highest BCUT2D eigenvalue weighted by Gasteiger charge is 2.40. The van der Waals surface area contributed by atoms with E-state index >= 15 is 0 Å². The van der Waals surface area contributed by atoms with Crippen LogP contribution in [-0.4, -0.2) is 40.8 Å². The third-order valence-corrected chi connectivity index (χ3v) is 6.06. The van der Waals surface area contributed by atoms with Crippen molar-refractivity contribution in [1.82, 2.24) is 9.88 Å². The number of hydrogen-bond acceptors (Lipinski definition) is 4. The quantitative estimate of drug-likeness (QED) is 0.859. The van der Waals surface area contributed by atoms with Crippen molar-refractivity contribution in [2.75, 3.05) is 18.0 Å². The summed E-state index contributed by atoms with van der Waals surface area (Å²) in [5.74, 6) is -1.88. The second kappa shape index (κ2) is 5.44. The van der Waals surface area contributed by atoms with Crippen LogP contribution in [0.4, 0.5) is 10.1 Å². The van der Waals surface area contributed by atoms with Crippen LogP contribution in [0, 0.1) is 5.82 Å². The van der Waals surface area contributed by atoms with E-state index in [2.05, 4.69) is 5.32 Å². The molecular weight excluding hydrogens is 361 g/mol. The molecule has 1 aromatic heterocycles. The molecule has 1 aromatic carbocycles.